The highest BCUT2D eigenvalue weighted by Crippen LogP contribution is 2.35. The predicted molar refractivity (Wildman–Crippen MR) is 118 cm³/mol. The number of benzene rings is 3. The van der Waals surface area contributed by atoms with Crippen LogP contribution in [0.3, 0.4) is 0 Å². The average molecular weight is 420 g/mol. The second-order valence-electron chi connectivity index (χ2n) is 7.38. The van der Waals surface area contributed by atoms with Crippen molar-refractivity contribution in [3.05, 3.63) is 60.7 Å². The lowest BCUT2D eigenvalue weighted by Gasteiger charge is -2.14. The Morgan fingerprint density at radius 1 is 0.968 bits per heavy atom. The molecule has 0 aliphatic carbocycles. The molecule has 0 fully saturated rings. The Kier molecular flexibility index (Phi) is 5.52. The number of aliphatic hydroxyl groups excluding tert-OH is 1. The molecular weight excluding hydrogens is 396 g/mol. The van der Waals surface area contributed by atoms with E-state index in [1.54, 1.807) is 0 Å². The van der Waals surface area contributed by atoms with Gasteiger partial charge in [0.2, 0.25) is 6.79 Å². The number of para-hydroxylation sites is 1. The standard InChI is InChI=1S/C24H24N2O5/c27-16(13-25-10-11-28-17-8-9-21-23(12-17)31-15-30-21)14-29-22-7-3-6-20-24(22)18-4-1-2-5-19(18)26-20/h1-9,12,16,25-27H,10-11,13-15H2. The summed E-state index contributed by atoms with van der Waals surface area (Å²) in [5, 5.41) is 15.6. The molecule has 0 saturated heterocycles. The third kappa shape index (κ3) is 4.23. The lowest BCUT2D eigenvalue weighted by molar-refractivity contribution is 0.106. The molecule has 0 bridgehead atoms. The number of aliphatic hydroxyl groups is 1. The maximum absolute atomic E-state index is 10.3. The minimum Gasteiger partial charge on any atom is -0.492 e. The van der Waals surface area contributed by atoms with Crippen molar-refractivity contribution in [1.82, 2.24) is 10.3 Å². The molecule has 1 aromatic heterocycles. The van der Waals surface area contributed by atoms with Crippen LogP contribution in [0.5, 0.6) is 23.0 Å². The van der Waals surface area contributed by atoms with E-state index in [-0.39, 0.29) is 13.4 Å². The zero-order chi connectivity index (χ0) is 21.0. The molecule has 7 heteroatoms. The third-order valence-electron chi connectivity index (χ3n) is 5.19. The number of fused-ring (bicyclic) bond motifs is 4. The van der Waals surface area contributed by atoms with Gasteiger partial charge in [-0.3, -0.25) is 0 Å². The normalized spacial score (nSPS) is 13.6. The van der Waals surface area contributed by atoms with Gasteiger partial charge in [0.25, 0.3) is 0 Å². The second kappa shape index (κ2) is 8.75. The van der Waals surface area contributed by atoms with Crippen LogP contribution < -0.4 is 24.3 Å². The Balaban J connectivity index is 1.09. The Morgan fingerprint density at radius 3 is 2.81 bits per heavy atom. The van der Waals surface area contributed by atoms with Gasteiger partial charge in [-0.2, -0.15) is 0 Å². The third-order valence-corrected chi connectivity index (χ3v) is 5.19. The molecule has 0 radical (unpaired) electrons. The highest BCUT2D eigenvalue weighted by molar-refractivity contribution is 6.10. The van der Waals surface area contributed by atoms with Crippen LogP contribution in [0.4, 0.5) is 0 Å². The molecule has 1 aliphatic rings. The van der Waals surface area contributed by atoms with Gasteiger partial charge in [0.1, 0.15) is 30.8 Å². The lowest BCUT2D eigenvalue weighted by atomic mass is 10.1. The van der Waals surface area contributed by atoms with Gasteiger partial charge in [-0.05, 0) is 30.3 Å². The lowest BCUT2D eigenvalue weighted by Crippen LogP contribution is -2.33. The van der Waals surface area contributed by atoms with Gasteiger partial charge in [0, 0.05) is 35.4 Å². The van der Waals surface area contributed by atoms with E-state index in [9.17, 15) is 5.11 Å². The minimum atomic E-state index is -0.633. The quantitative estimate of drug-likeness (QED) is 0.360. The van der Waals surface area contributed by atoms with E-state index < -0.39 is 6.10 Å². The Morgan fingerprint density at radius 2 is 1.84 bits per heavy atom. The van der Waals surface area contributed by atoms with E-state index in [4.69, 9.17) is 18.9 Å². The van der Waals surface area contributed by atoms with Gasteiger partial charge in [0.15, 0.2) is 11.5 Å². The fourth-order valence-electron chi connectivity index (χ4n) is 3.71. The molecule has 5 rings (SSSR count). The SMILES string of the molecule is OC(CNCCOc1ccc2c(c1)OCO2)COc1cccc2[nH]c3ccccc3c12. The molecule has 4 aromatic rings. The zero-order valence-corrected chi connectivity index (χ0v) is 17.0. The summed E-state index contributed by atoms with van der Waals surface area (Å²) >= 11 is 0. The monoisotopic (exact) mass is 420 g/mol. The molecule has 0 spiro atoms. The van der Waals surface area contributed by atoms with Gasteiger partial charge in [0.05, 0.1) is 5.52 Å². The van der Waals surface area contributed by atoms with Crippen LogP contribution in [0.25, 0.3) is 21.8 Å². The molecule has 31 heavy (non-hydrogen) atoms. The van der Waals surface area contributed by atoms with Gasteiger partial charge in [-0.15, -0.1) is 0 Å². The molecule has 7 nitrogen and oxygen atoms in total. The van der Waals surface area contributed by atoms with Crippen LogP contribution in [0.1, 0.15) is 0 Å². The van der Waals surface area contributed by atoms with Crippen LogP contribution in [-0.4, -0.2) is 49.3 Å². The number of nitrogens with one attached hydrogen (secondary N) is 2. The highest BCUT2D eigenvalue weighted by Gasteiger charge is 2.14. The number of H-pyrrole nitrogens is 1. The second-order valence-corrected chi connectivity index (χ2v) is 7.38. The first-order chi connectivity index (χ1) is 15.3. The van der Waals surface area contributed by atoms with Crippen LogP contribution in [0, 0.1) is 0 Å². The molecule has 1 unspecified atom stereocenters. The highest BCUT2D eigenvalue weighted by atomic mass is 16.7. The number of aromatic nitrogens is 1. The predicted octanol–water partition coefficient (Wildman–Crippen LogP) is 3.46. The molecule has 1 atom stereocenters. The topological polar surface area (TPSA) is 85.0 Å². The summed E-state index contributed by atoms with van der Waals surface area (Å²) in [6.07, 6.45) is -0.633. The first-order valence-electron chi connectivity index (χ1n) is 10.3. The Hall–Kier alpha value is -3.42. The summed E-state index contributed by atoms with van der Waals surface area (Å²) in [5.41, 5.74) is 2.09. The van der Waals surface area contributed by atoms with E-state index in [1.165, 1.54) is 0 Å². The van der Waals surface area contributed by atoms with Gasteiger partial charge < -0.3 is 34.4 Å². The number of rotatable bonds is 9. The summed E-state index contributed by atoms with van der Waals surface area (Å²) in [4.78, 5) is 3.40. The molecule has 0 amide bonds. The fraction of sp³-hybridized carbons (Fsp3) is 0.250. The van der Waals surface area contributed by atoms with Crippen LogP contribution >= 0.6 is 0 Å². The van der Waals surface area contributed by atoms with E-state index >= 15 is 0 Å². The molecular formula is C24H24N2O5. The van der Waals surface area contributed by atoms with Crippen LogP contribution in [0.2, 0.25) is 0 Å². The summed E-state index contributed by atoms with van der Waals surface area (Å²) < 4.78 is 22.3. The van der Waals surface area contributed by atoms with Crippen molar-refractivity contribution in [3.8, 4) is 23.0 Å². The molecule has 2 heterocycles. The van der Waals surface area contributed by atoms with E-state index in [0.717, 1.165) is 39.1 Å². The van der Waals surface area contributed by atoms with Crippen molar-refractivity contribution in [2.45, 2.75) is 6.10 Å². The maximum Gasteiger partial charge on any atom is 0.231 e. The zero-order valence-electron chi connectivity index (χ0n) is 17.0. The van der Waals surface area contributed by atoms with Crippen molar-refractivity contribution in [1.29, 1.82) is 0 Å². The maximum atomic E-state index is 10.3. The van der Waals surface area contributed by atoms with Crippen LogP contribution in [0.15, 0.2) is 60.7 Å². The number of aromatic amines is 1. The van der Waals surface area contributed by atoms with Crippen LogP contribution in [-0.2, 0) is 0 Å². The molecule has 1 aliphatic heterocycles. The number of ether oxygens (including phenoxy) is 4. The first-order valence-corrected chi connectivity index (χ1v) is 10.3. The summed E-state index contributed by atoms with van der Waals surface area (Å²) in [5.74, 6) is 2.92. The fourth-order valence-corrected chi connectivity index (χ4v) is 3.71. The molecule has 0 saturated carbocycles. The van der Waals surface area contributed by atoms with Crippen molar-refractivity contribution in [3.63, 3.8) is 0 Å². The molecule has 3 N–H and O–H groups in total. The van der Waals surface area contributed by atoms with Crippen molar-refractivity contribution < 1.29 is 24.1 Å². The number of hydrogen-bond donors (Lipinski definition) is 3. The largest absolute Gasteiger partial charge is 0.492 e. The first kappa shape index (κ1) is 19.5. The van der Waals surface area contributed by atoms with E-state index in [0.29, 0.717) is 25.4 Å². The number of hydrogen-bond acceptors (Lipinski definition) is 6. The van der Waals surface area contributed by atoms with Gasteiger partial charge in [-0.1, -0.05) is 24.3 Å². The summed E-state index contributed by atoms with van der Waals surface area (Å²) in [6.45, 7) is 1.93. The van der Waals surface area contributed by atoms with Gasteiger partial charge >= 0.3 is 0 Å². The van der Waals surface area contributed by atoms with Crippen molar-refractivity contribution in [2.75, 3.05) is 33.1 Å². The average Bonchev–Trinajstić information content (AvgIpc) is 3.41. The summed E-state index contributed by atoms with van der Waals surface area (Å²) in [6, 6.07) is 19.5. The van der Waals surface area contributed by atoms with E-state index in [1.807, 2.05) is 54.6 Å². The van der Waals surface area contributed by atoms with E-state index in [2.05, 4.69) is 16.4 Å². The Bertz CT molecular complexity index is 1190. The molecule has 3 aromatic carbocycles. The minimum absolute atomic E-state index is 0.203. The Labute approximate surface area is 179 Å². The smallest absolute Gasteiger partial charge is 0.231 e. The van der Waals surface area contributed by atoms with Crippen molar-refractivity contribution in [2.24, 2.45) is 0 Å². The van der Waals surface area contributed by atoms with Crippen molar-refractivity contribution >= 4 is 21.8 Å². The summed E-state index contributed by atoms with van der Waals surface area (Å²) in [7, 11) is 0. The molecule has 160 valence electrons. The van der Waals surface area contributed by atoms with Gasteiger partial charge in [-0.25, -0.2) is 0 Å².